The van der Waals surface area contributed by atoms with Crippen molar-refractivity contribution in [1.82, 2.24) is 20.4 Å². The summed E-state index contributed by atoms with van der Waals surface area (Å²) in [6.07, 6.45) is 4.67. The summed E-state index contributed by atoms with van der Waals surface area (Å²) < 4.78 is 5.98. The molecule has 0 radical (unpaired) electrons. The third kappa shape index (κ3) is 7.82. The molecule has 3 aliphatic carbocycles. The molecule has 6 atom stereocenters. The number of likely N-dealkylation sites (N-methyl/N-ethyl adjacent to an activating group) is 1. The molecule has 10 heteroatoms. The van der Waals surface area contributed by atoms with E-state index in [-0.39, 0.29) is 41.2 Å². The number of likely N-dealkylation sites (tertiary alicyclic amines) is 1. The largest absolute Gasteiger partial charge is 0.496 e. The van der Waals surface area contributed by atoms with E-state index in [1.54, 1.807) is 13.2 Å². The SMILES string of the molecule is COc1c(CN2CCC[C@@H]2C(=O)N[C@H]2C[C@@H]3C[C@@H]([C@@H]2C)C3(C)C)cccc1-c1cc(C(=O)N[C@@H](Cc2ccccc2)CN(C)C)cc([N+](=O)[O-])c1. The fourth-order valence-electron chi connectivity index (χ4n) is 9.10. The molecule has 0 aromatic heterocycles. The van der Waals surface area contributed by atoms with Crippen molar-refractivity contribution in [2.24, 2.45) is 23.2 Å². The Hall–Kier alpha value is -4.28. The molecule has 3 saturated carbocycles. The first kappa shape index (κ1) is 36.5. The summed E-state index contributed by atoms with van der Waals surface area (Å²) in [6, 6.07) is 20.0. The van der Waals surface area contributed by atoms with Crippen molar-refractivity contribution in [2.45, 2.75) is 77.5 Å². The molecule has 0 spiro atoms. The molecule has 51 heavy (non-hydrogen) atoms. The number of nitrogens with zero attached hydrogens (tertiary/aromatic N) is 3. The van der Waals surface area contributed by atoms with Gasteiger partial charge in [0.1, 0.15) is 5.75 Å². The van der Waals surface area contributed by atoms with Crippen LogP contribution in [-0.2, 0) is 17.8 Å². The van der Waals surface area contributed by atoms with Crippen LogP contribution in [0.3, 0.4) is 0 Å². The molecule has 4 fully saturated rings. The summed E-state index contributed by atoms with van der Waals surface area (Å²) in [5.74, 6) is 2.09. The molecular weight excluding hydrogens is 642 g/mol. The summed E-state index contributed by atoms with van der Waals surface area (Å²) in [4.78, 5) is 43.4. The highest BCUT2D eigenvalue weighted by Gasteiger charge is 2.56. The van der Waals surface area contributed by atoms with Crippen LogP contribution < -0.4 is 15.4 Å². The van der Waals surface area contributed by atoms with Gasteiger partial charge in [-0.15, -0.1) is 0 Å². The number of carbonyl (C=O) groups is 2. The lowest BCUT2D eigenvalue weighted by Crippen LogP contribution is -2.61. The lowest BCUT2D eigenvalue weighted by atomic mass is 9.45. The second-order valence-corrected chi connectivity index (χ2v) is 15.8. The molecule has 3 aromatic rings. The third-order valence-electron chi connectivity index (χ3n) is 12.0. The van der Waals surface area contributed by atoms with E-state index in [1.165, 1.54) is 18.6 Å². The van der Waals surface area contributed by atoms with Crippen molar-refractivity contribution < 1.29 is 19.2 Å². The minimum atomic E-state index is -0.469. The van der Waals surface area contributed by atoms with Crippen molar-refractivity contribution in [1.29, 1.82) is 0 Å². The topological polar surface area (TPSA) is 117 Å². The molecule has 0 unspecified atom stereocenters. The van der Waals surface area contributed by atoms with Gasteiger partial charge in [0.2, 0.25) is 5.91 Å². The van der Waals surface area contributed by atoms with Crippen molar-refractivity contribution in [2.75, 3.05) is 34.3 Å². The number of nitro groups is 1. The zero-order chi connectivity index (χ0) is 36.4. The Bertz CT molecular complexity index is 1740. The van der Waals surface area contributed by atoms with Crippen molar-refractivity contribution in [3.63, 3.8) is 0 Å². The maximum Gasteiger partial charge on any atom is 0.270 e. The number of nitrogens with one attached hydrogen (secondary N) is 2. The predicted octanol–water partition coefficient (Wildman–Crippen LogP) is 6.32. The fourth-order valence-corrected chi connectivity index (χ4v) is 9.10. The smallest absolute Gasteiger partial charge is 0.270 e. The Labute approximate surface area is 302 Å². The van der Waals surface area contributed by atoms with E-state index >= 15 is 0 Å². The van der Waals surface area contributed by atoms with Gasteiger partial charge in [0.05, 0.1) is 18.1 Å². The van der Waals surface area contributed by atoms with Crippen LogP contribution in [0.4, 0.5) is 5.69 Å². The van der Waals surface area contributed by atoms with Gasteiger partial charge in [0.25, 0.3) is 11.6 Å². The number of para-hydroxylation sites is 1. The first-order valence-corrected chi connectivity index (χ1v) is 18.3. The summed E-state index contributed by atoms with van der Waals surface area (Å²) >= 11 is 0. The predicted molar refractivity (Wildman–Crippen MR) is 200 cm³/mol. The molecular formula is C41H53N5O5. The summed E-state index contributed by atoms with van der Waals surface area (Å²) in [7, 11) is 5.49. The third-order valence-corrected chi connectivity index (χ3v) is 12.0. The van der Waals surface area contributed by atoms with Crippen molar-refractivity contribution in [3.8, 4) is 16.9 Å². The Morgan fingerprint density at radius 3 is 2.51 bits per heavy atom. The zero-order valence-electron chi connectivity index (χ0n) is 30.9. The molecule has 10 nitrogen and oxygen atoms in total. The molecule has 7 rings (SSSR count). The van der Waals surface area contributed by atoms with Crippen LogP contribution in [-0.4, -0.2) is 79.0 Å². The number of non-ortho nitro benzene ring substituents is 1. The van der Waals surface area contributed by atoms with Crippen LogP contribution in [0.5, 0.6) is 5.75 Å². The van der Waals surface area contributed by atoms with Gasteiger partial charge in [0.15, 0.2) is 0 Å². The van der Waals surface area contributed by atoms with E-state index in [4.69, 9.17) is 4.74 Å². The molecule has 1 saturated heterocycles. The number of hydrogen-bond donors (Lipinski definition) is 2. The lowest BCUT2D eigenvalue weighted by molar-refractivity contribution is -0.384. The number of hydrogen-bond acceptors (Lipinski definition) is 7. The minimum absolute atomic E-state index is 0.104. The zero-order valence-corrected chi connectivity index (χ0v) is 30.9. The van der Waals surface area contributed by atoms with E-state index in [2.05, 4.69) is 36.3 Å². The molecule has 1 heterocycles. The molecule has 1 aliphatic heterocycles. The minimum Gasteiger partial charge on any atom is -0.496 e. The number of nitro benzene ring substituents is 1. The molecule has 2 amide bonds. The first-order valence-electron chi connectivity index (χ1n) is 18.3. The van der Waals surface area contributed by atoms with Crippen molar-refractivity contribution in [3.05, 3.63) is 93.5 Å². The highest BCUT2D eigenvalue weighted by atomic mass is 16.6. The maximum atomic E-state index is 13.7. The van der Waals surface area contributed by atoms with Gasteiger partial charge in [-0.2, -0.15) is 0 Å². The molecule has 2 N–H and O–H groups in total. The van der Waals surface area contributed by atoms with Crippen LogP contribution in [0, 0.1) is 33.3 Å². The van der Waals surface area contributed by atoms with Gasteiger partial charge < -0.3 is 20.3 Å². The Morgan fingerprint density at radius 1 is 1.08 bits per heavy atom. The standard InChI is InChI=1S/C41H53N5O5/c1-26-35-22-31(41(35,2)3)23-36(26)43-40(48)37-16-11-17-45(37)24-28-14-10-15-34(38(28)51-6)29-19-30(21-33(20-29)46(49)50)39(47)42-32(25-44(4)5)18-27-12-8-7-9-13-27/h7-10,12-15,19-21,26,31-32,35-37H,11,16-18,22-25H2,1-6H3,(H,42,47)(H,43,48)/t26-,31-,32-,35-,36-,37+/m0/s1. The fraction of sp³-hybridized carbons (Fsp3) is 0.512. The maximum absolute atomic E-state index is 13.7. The second-order valence-electron chi connectivity index (χ2n) is 15.8. The molecule has 3 aromatic carbocycles. The Balaban J connectivity index is 1.21. The van der Waals surface area contributed by atoms with Gasteiger partial charge in [0, 0.05) is 54.0 Å². The average Bonchev–Trinajstić information content (AvgIpc) is 3.57. The normalized spacial score (nSPS) is 24.4. The number of carbonyl (C=O) groups excluding carboxylic acids is 2. The molecule has 4 aliphatic rings. The molecule has 2 bridgehead atoms. The van der Waals surface area contributed by atoms with Crippen LogP contribution in [0.25, 0.3) is 11.1 Å². The van der Waals surface area contributed by atoms with E-state index < -0.39 is 4.92 Å². The Morgan fingerprint density at radius 2 is 1.84 bits per heavy atom. The van der Waals surface area contributed by atoms with Gasteiger partial charge in [-0.3, -0.25) is 24.6 Å². The first-order chi connectivity index (χ1) is 24.3. The van der Waals surface area contributed by atoms with Gasteiger partial charge in [-0.1, -0.05) is 69.3 Å². The highest BCUT2D eigenvalue weighted by molar-refractivity contribution is 5.97. The average molecular weight is 696 g/mol. The van der Waals surface area contributed by atoms with Crippen LogP contribution in [0.1, 0.15) is 67.9 Å². The summed E-state index contributed by atoms with van der Waals surface area (Å²) in [6.45, 7) is 8.94. The second kappa shape index (κ2) is 15.1. The number of benzene rings is 3. The highest BCUT2D eigenvalue weighted by Crippen LogP contribution is 2.61. The summed E-state index contributed by atoms with van der Waals surface area (Å²) in [5, 5.41) is 18.7. The number of amides is 2. The van der Waals surface area contributed by atoms with Gasteiger partial charge in [-0.25, -0.2) is 0 Å². The van der Waals surface area contributed by atoms with E-state index in [0.29, 0.717) is 59.6 Å². The quantitative estimate of drug-likeness (QED) is 0.159. The van der Waals surface area contributed by atoms with Crippen LogP contribution >= 0.6 is 0 Å². The van der Waals surface area contributed by atoms with E-state index in [1.807, 2.05) is 67.5 Å². The van der Waals surface area contributed by atoms with E-state index in [0.717, 1.165) is 36.9 Å². The monoisotopic (exact) mass is 695 g/mol. The Kier molecular flexibility index (Phi) is 10.8. The van der Waals surface area contributed by atoms with E-state index in [9.17, 15) is 19.7 Å². The van der Waals surface area contributed by atoms with Gasteiger partial charge in [-0.05, 0) is 93.1 Å². The number of rotatable bonds is 13. The van der Waals surface area contributed by atoms with Crippen LogP contribution in [0.15, 0.2) is 66.7 Å². The number of fused-ring (bicyclic) bond motifs is 2. The van der Waals surface area contributed by atoms with Crippen LogP contribution in [0.2, 0.25) is 0 Å². The number of ether oxygens (including phenoxy) is 1. The van der Waals surface area contributed by atoms with Crippen molar-refractivity contribution >= 4 is 17.5 Å². The number of methoxy groups -OCH3 is 1. The summed E-state index contributed by atoms with van der Waals surface area (Å²) in [5.41, 5.74) is 3.54. The molecule has 272 valence electrons. The van der Waals surface area contributed by atoms with Gasteiger partial charge >= 0.3 is 0 Å². The lowest BCUT2D eigenvalue weighted by Gasteiger charge is -2.62.